The average molecular weight is 400 g/mol. The molecule has 0 radical (unpaired) electrons. The molecule has 1 aromatic rings. The quantitative estimate of drug-likeness (QED) is 0.654. The summed E-state index contributed by atoms with van der Waals surface area (Å²) in [4.78, 5) is 26.2. The lowest BCUT2D eigenvalue weighted by atomic mass is 9.81. The Hall–Kier alpha value is -2.59. The van der Waals surface area contributed by atoms with Crippen molar-refractivity contribution < 1.29 is 23.8 Å². The van der Waals surface area contributed by atoms with E-state index in [9.17, 15) is 14.9 Å². The summed E-state index contributed by atoms with van der Waals surface area (Å²) in [6.07, 6.45) is 6.43. The molecule has 0 N–H and O–H groups in total. The van der Waals surface area contributed by atoms with E-state index in [0.717, 1.165) is 38.7 Å². The van der Waals surface area contributed by atoms with Crippen LogP contribution in [0.15, 0.2) is 24.3 Å². The Labute approximate surface area is 171 Å². The van der Waals surface area contributed by atoms with E-state index in [-0.39, 0.29) is 18.6 Å². The van der Waals surface area contributed by atoms with Gasteiger partial charge in [0.1, 0.15) is 17.9 Å². The highest BCUT2D eigenvalue weighted by atomic mass is 16.5. The molecule has 7 nitrogen and oxygen atoms in total. The fourth-order valence-corrected chi connectivity index (χ4v) is 3.86. The van der Waals surface area contributed by atoms with Crippen LogP contribution >= 0.6 is 0 Å². The number of carbonyl (C=O) groups excluding carboxylic acids is 2. The zero-order valence-electron chi connectivity index (χ0n) is 16.9. The van der Waals surface area contributed by atoms with Crippen molar-refractivity contribution in [3.8, 4) is 11.8 Å². The van der Waals surface area contributed by atoms with Gasteiger partial charge in [0, 0.05) is 13.7 Å². The van der Waals surface area contributed by atoms with Crippen molar-refractivity contribution in [3.63, 3.8) is 0 Å². The topological polar surface area (TPSA) is 88.9 Å². The van der Waals surface area contributed by atoms with E-state index >= 15 is 0 Å². The zero-order valence-corrected chi connectivity index (χ0v) is 16.9. The highest BCUT2D eigenvalue weighted by Gasteiger charge is 2.39. The first-order valence-corrected chi connectivity index (χ1v) is 10.2. The lowest BCUT2D eigenvalue weighted by molar-refractivity contribution is -0.138. The second kappa shape index (κ2) is 9.75. The van der Waals surface area contributed by atoms with Gasteiger partial charge >= 0.3 is 5.97 Å². The van der Waals surface area contributed by atoms with Crippen molar-refractivity contribution in [2.24, 2.45) is 0 Å². The van der Waals surface area contributed by atoms with E-state index in [1.807, 2.05) is 0 Å². The maximum atomic E-state index is 12.5. The van der Waals surface area contributed by atoms with Crippen LogP contribution in [-0.2, 0) is 14.3 Å². The van der Waals surface area contributed by atoms with Gasteiger partial charge in [-0.15, -0.1) is 0 Å². The zero-order chi connectivity index (χ0) is 20.7. The van der Waals surface area contributed by atoms with Gasteiger partial charge in [-0.25, -0.2) is 4.79 Å². The summed E-state index contributed by atoms with van der Waals surface area (Å²) in [6, 6.07) is 8.92. The van der Waals surface area contributed by atoms with E-state index in [0.29, 0.717) is 30.8 Å². The molecule has 1 aliphatic carbocycles. The molecule has 2 fully saturated rings. The van der Waals surface area contributed by atoms with Gasteiger partial charge in [0.05, 0.1) is 17.7 Å². The molecule has 0 spiro atoms. The molecule has 3 rings (SSSR count). The minimum absolute atomic E-state index is 0.128. The molecule has 1 aromatic carbocycles. The van der Waals surface area contributed by atoms with Crippen LogP contribution in [0.5, 0.6) is 5.75 Å². The van der Waals surface area contributed by atoms with E-state index in [1.54, 1.807) is 31.3 Å². The number of likely N-dealkylation sites (N-methyl/N-ethyl adjacent to an activating group) is 1. The fraction of sp³-hybridized carbons (Fsp3) is 0.591. The van der Waals surface area contributed by atoms with Crippen molar-refractivity contribution in [3.05, 3.63) is 29.8 Å². The van der Waals surface area contributed by atoms with Gasteiger partial charge in [0.2, 0.25) is 0 Å². The van der Waals surface area contributed by atoms with Crippen LogP contribution in [0.1, 0.15) is 55.3 Å². The second-order valence-corrected chi connectivity index (χ2v) is 7.70. The molecule has 7 heteroatoms. The normalized spacial score (nSPS) is 20.5. The van der Waals surface area contributed by atoms with Crippen LogP contribution < -0.4 is 4.74 Å². The Morgan fingerprint density at radius 1 is 1.21 bits per heavy atom. The third kappa shape index (κ3) is 5.27. The van der Waals surface area contributed by atoms with Crippen molar-refractivity contribution in [1.82, 2.24) is 4.90 Å². The molecule has 1 saturated heterocycles. The average Bonchev–Trinajstić information content (AvgIpc) is 3.29. The number of hydrogen-bond donors (Lipinski definition) is 0. The van der Waals surface area contributed by atoms with E-state index in [1.165, 1.54) is 4.90 Å². The third-order valence-corrected chi connectivity index (χ3v) is 5.78. The van der Waals surface area contributed by atoms with Crippen LogP contribution in [-0.4, -0.2) is 55.3 Å². The number of carbonyl (C=O) groups is 2. The first-order chi connectivity index (χ1) is 14.0. The number of hydrogen-bond acceptors (Lipinski definition) is 6. The van der Waals surface area contributed by atoms with E-state index < -0.39 is 11.5 Å². The Balaban J connectivity index is 1.48. The number of rotatable bonds is 7. The van der Waals surface area contributed by atoms with Gasteiger partial charge in [-0.2, -0.15) is 5.26 Å². The van der Waals surface area contributed by atoms with E-state index in [4.69, 9.17) is 14.2 Å². The van der Waals surface area contributed by atoms with Crippen LogP contribution in [0.2, 0.25) is 0 Å². The molecule has 1 atom stereocenters. The Bertz CT molecular complexity index is 743. The van der Waals surface area contributed by atoms with Gasteiger partial charge in [-0.3, -0.25) is 4.79 Å². The third-order valence-electron chi connectivity index (χ3n) is 5.78. The second-order valence-electron chi connectivity index (χ2n) is 7.70. The monoisotopic (exact) mass is 400 g/mol. The minimum atomic E-state index is -0.788. The maximum Gasteiger partial charge on any atom is 0.338 e. The van der Waals surface area contributed by atoms with Crippen molar-refractivity contribution in [2.75, 3.05) is 26.9 Å². The van der Waals surface area contributed by atoms with Crippen LogP contribution in [0.25, 0.3) is 0 Å². The molecule has 156 valence electrons. The lowest BCUT2D eigenvalue weighted by Crippen LogP contribution is -2.51. The highest BCUT2D eigenvalue weighted by molar-refractivity contribution is 5.91. The number of benzene rings is 1. The molecule has 1 heterocycles. The van der Waals surface area contributed by atoms with Crippen molar-refractivity contribution in [2.45, 2.75) is 56.6 Å². The summed E-state index contributed by atoms with van der Waals surface area (Å²) in [6.45, 7) is 0.892. The van der Waals surface area contributed by atoms with Gasteiger partial charge in [-0.1, -0.05) is 19.3 Å². The number of nitriles is 1. The molecule has 2 aliphatic rings. The summed E-state index contributed by atoms with van der Waals surface area (Å²) >= 11 is 0. The first kappa shape index (κ1) is 21.1. The number of amides is 1. The van der Waals surface area contributed by atoms with Crippen molar-refractivity contribution in [1.29, 1.82) is 5.26 Å². The molecular formula is C22H28N2O5. The molecule has 1 saturated carbocycles. The minimum Gasteiger partial charge on any atom is -0.491 e. The van der Waals surface area contributed by atoms with E-state index in [2.05, 4.69) is 6.07 Å². The maximum absolute atomic E-state index is 12.5. The molecule has 1 aliphatic heterocycles. The SMILES string of the molecule is CN(C(=O)COC(=O)c1ccc(OC[C@@H]2CCCO2)cc1)C1(C#N)CCCCC1. The Morgan fingerprint density at radius 3 is 2.55 bits per heavy atom. The van der Waals surface area contributed by atoms with Gasteiger partial charge in [-0.05, 0) is 49.9 Å². The summed E-state index contributed by atoms with van der Waals surface area (Å²) in [5.41, 5.74) is -0.443. The number of esters is 1. The van der Waals surface area contributed by atoms with Crippen LogP contribution in [0.3, 0.4) is 0 Å². The summed E-state index contributed by atoms with van der Waals surface area (Å²) in [5.74, 6) is -0.286. The molecule has 0 bridgehead atoms. The summed E-state index contributed by atoms with van der Waals surface area (Å²) in [5, 5.41) is 9.58. The molecule has 29 heavy (non-hydrogen) atoms. The first-order valence-electron chi connectivity index (χ1n) is 10.2. The lowest BCUT2D eigenvalue weighted by Gasteiger charge is -2.38. The number of ether oxygens (including phenoxy) is 3. The molecule has 0 unspecified atom stereocenters. The summed E-state index contributed by atoms with van der Waals surface area (Å²) in [7, 11) is 1.62. The summed E-state index contributed by atoms with van der Waals surface area (Å²) < 4.78 is 16.4. The smallest absolute Gasteiger partial charge is 0.338 e. The predicted octanol–water partition coefficient (Wildman–Crippen LogP) is 3.09. The number of nitrogens with zero attached hydrogens (tertiary/aromatic N) is 2. The molecule has 0 aromatic heterocycles. The molecular weight excluding hydrogens is 372 g/mol. The van der Waals surface area contributed by atoms with Crippen LogP contribution in [0, 0.1) is 11.3 Å². The largest absolute Gasteiger partial charge is 0.491 e. The van der Waals surface area contributed by atoms with Gasteiger partial charge in [0.15, 0.2) is 6.61 Å². The van der Waals surface area contributed by atoms with Crippen LogP contribution in [0.4, 0.5) is 0 Å². The highest BCUT2D eigenvalue weighted by Crippen LogP contribution is 2.32. The van der Waals surface area contributed by atoms with Crippen molar-refractivity contribution >= 4 is 11.9 Å². The predicted molar refractivity (Wildman–Crippen MR) is 105 cm³/mol. The molecule has 1 amide bonds. The van der Waals surface area contributed by atoms with Gasteiger partial charge < -0.3 is 19.1 Å². The fourth-order valence-electron chi connectivity index (χ4n) is 3.86. The Morgan fingerprint density at radius 2 is 1.93 bits per heavy atom. The van der Waals surface area contributed by atoms with Gasteiger partial charge in [0.25, 0.3) is 5.91 Å². The standard InChI is InChI=1S/C22H28N2O5/c1-24(22(16-23)11-3-2-4-12-22)20(25)15-29-21(26)17-7-9-18(10-8-17)28-14-19-6-5-13-27-19/h7-10,19H,2-6,11-15H2,1H3/t19-/m0/s1. The Kier molecular flexibility index (Phi) is 7.10.